The number of methoxy groups -OCH3 is 1. The Morgan fingerprint density at radius 1 is 1.05 bits per heavy atom. The standard InChI is InChI=1S/C17H23NO3/c1-20-15-8-10-16(11-9-15)21-12-17(19)18(14-6-7-14)13-4-2-3-5-13/h8-11,13-14H,2-7,12H2,1H3. The molecule has 0 spiro atoms. The monoisotopic (exact) mass is 289 g/mol. The Kier molecular flexibility index (Phi) is 4.32. The molecule has 2 saturated carbocycles. The molecule has 0 saturated heterocycles. The molecule has 2 aliphatic rings. The zero-order valence-corrected chi connectivity index (χ0v) is 12.6. The van der Waals surface area contributed by atoms with Crippen LogP contribution < -0.4 is 9.47 Å². The second-order valence-corrected chi connectivity index (χ2v) is 5.93. The minimum absolute atomic E-state index is 0.138. The van der Waals surface area contributed by atoms with E-state index in [9.17, 15) is 4.79 Å². The maximum absolute atomic E-state index is 12.5. The quantitative estimate of drug-likeness (QED) is 0.808. The molecule has 1 amide bonds. The third-order valence-corrected chi connectivity index (χ3v) is 4.37. The molecule has 4 nitrogen and oxygen atoms in total. The number of hydrogen-bond donors (Lipinski definition) is 0. The molecule has 0 atom stereocenters. The molecule has 0 radical (unpaired) electrons. The smallest absolute Gasteiger partial charge is 0.261 e. The van der Waals surface area contributed by atoms with Crippen molar-refractivity contribution in [2.24, 2.45) is 0 Å². The van der Waals surface area contributed by atoms with E-state index in [0.29, 0.717) is 17.8 Å². The molecule has 114 valence electrons. The van der Waals surface area contributed by atoms with Gasteiger partial charge >= 0.3 is 0 Å². The highest BCUT2D eigenvalue weighted by Crippen LogP contribution is 2.34. The second kappa shape index (κ2) is 6.37. The largest absolute Gasteiger partial charge is 0.497 e. The zero-order chi connectivity index (χ0) is 14.7. The summed E-state index contributed by atoms with van der Waals surface area (Å²) in [6, 6.07) is 8.28. The van der Waals surface area contributed by atoms with Crippen LogP contribution in [0.15, 0.2) is 24.3 Å². The number of benzene rings is 1. The summed E-state index contributed by atoms with van der Waals surface area (Å²) in [6.07, 6.45) is 7.13. The number of carbonyl (C=O) groups is 1. The molecule has 0 aliphatic heterocycles. The van der Waals surface area contributed by atoms with Gasteiger partial charge in [-0.2, -0.15) is 0 Å². The maximum atomic E-state index is 12.5. The van der Waals surface area contributed by atoms with Crippen LogP contribution in [0.4, 0.5) is 0 Å². The number of carbonyl (C=O) groups excluding carboxylic acids is 1. The molecule has 2 fully saturated rings. The average molecular weight is 289 g/mol. The molecule has 0 N–H and O–H groups in total. The van der Waals surface area contributed by atoms with E-state index in [0.717, 1.165) is 31.4 Å². The third-order valence-electron chi connectivity index (χ3n) is 4.37. The number of hydrogen-bond acceptors (Lipinski definition) is 3. The molecule has 1 aromatic rings. The lowest BCUT2D eigenvalue weighted by Crippen LogP contribution is -2.43. The van der Waals surface area contributed by atoms with Crippen molar-refractivity contribution in [1.82, 2.24) is 4.90 Å². The van der Waals surface area contributed by atoms with Crippen molar-refractivity contribution < 1.29 is 14.3 Å². The van der Waals surface area contributed by atoms with Crippen molar-refractivity contribution in [3.8, 4) is 11.5 Å². The Bertz CT molecular complexity index is 475. The average Bonchev–Trinajstić information content (AvgIpc) is 3.20. The highest BCUT2D eigenvalue weighted by atomic mass is 16.5. The van der Waals surface area contributed by atoms with Gasteiger partial charge in [-0.15, -0.1) is 0 Å². The van der Waals surface area contributed by atoms with E-state index >= 15 is 0 Å². The normalized spacial score (nSPS) is 18.5. The van der Waals surface area contributed by atoms with Crippen molar-refractivity contribution in [2.45, 2.75) is 50.6 Å². The van der Waals surface area contributed by atoms with Crippen LogP contribution in [0.25, 0.3) is 0 Å². The molecule has 3 rings (SSSR count). The molecule has 0 heterocycles. The molecular formula is C17H23NO3. The fourth-order valence-corrected chi connectivity index (χ4v) is 3.13. The Labute approximate surface area is 126 Å². The van der Waals surface area contributed by atoms with Gasteiger partial charge < -0.3 is 14.4 Å². The van der Waals surface area contributed by atoms with Crippen LogP contribution in [-0.4, -0.2) is 36.6 Å². The van der Waals surface area contributed by atoms with Gasteiger partial charge in [0.15, 0.2) is 6.61 Å². The Balaban J connectivity index is 1.56. The Hall–Kier alpha value is -1.71. The molecule has 0 aromatic heterocycles. The number of ether oxygens (including phenoxy) is 2. The predicted molar refractivity (Wildman–Crippen MR) is 80.6 cm³/mol. The van der Waals surface area contributed by atoms with E-state index < -0.39 is 0 Å². The Morgan fingerprint density at radius 3 is 2.19 bits per heavy atom. The van der Waals surface area contributed by atoms with E-state index in [4.69, 9.17) is 9.47 Å². The summed E-state index contributed by atoms with van der Waals surface area (Å²) in [5.74, 6) is 1.64. The van der Waals surface area contributed by atoms with Crippen molar-refractivity contribution in [2.75, 3.05) is 13.7 Å². The molecule has 2 aliphatic carbocycles. The van der Waals surface area contributed by atoms with Gasteiger partial charge in [0.1, 0.15) is 11.5 Å². The summed E-state index contributed by atoms with van der Waals surface area (Å²) in [5.41, 5.74) is 0. The summed E-state index contributed by atoms with van der Waals surface area (Å²) in [7, 11) is 1.63. The van der Waals surface area contributed by atoms with Gasteiger partial charge in [-0.3, -0.25) is 4.79 Å². The van der Waals surface area contributed by atoms with Crippen LogP contribution in [-0.2, 0) is 4.79 Å². The fourth-order valence-electron chi connectivity index (χ4n) is 3.13. The van der Waals surface area contributed by atoms with Crippen molar-refractivity contribution in [3.63, 3.8) is 0 Å². The number of nitrogens with zero attached hydrogens (tertiary/aromatic N) is 1. The molecule has 0 bridgehead atoms. The zero-order valence-electron chi connectivity index (χ0n) is 12.6. The van der Waals surface area contributed by atoms with E-state index in [1.165, 1.54) is 12.8 Å². The lowest BCUT2D eigenvalue weighted by molar-refractivity contribution is -0.136. The summed E-state index contributed by atoms with van der Waals surface area (Å²) in [5, 5.41) is 0. The molecule has 4 heteroatoms. The van der Waals surface area contributed by atoms with Gasteiger partial charge in [0, 0.05) is 12.1 Å². The highest BCUT2D eigenvalue weighted by Gasteiger charge is 2.38. The van der Waals surface area contributed by atoms with Crippen LogP contribution in [0.1, 0.15) is 38.5 Å². The highest BCUT2D eigenvalue weighted by molar-refractivity contribution is 5.78. The van der Waals surface area contributed by atoms with E-state index in [1.54, 1.807) is 7.11 Å². The summed E-state index contributed by atoms with van der Waals surface area (Å²) in [6.45, 7) is 0.138. The van der Waals surface area contributed by atoms with E-state index in [1.807, 2.05) is 24.3 Å². The summed E-state index contributed by atoms with van der Waals surface area (Å²) < 4.78 is 10.7. The topological polar surface area (TPSA) is 38.8 Å². The summed E-state index contributed by atoms with van der Waals surface area (Å²) >= 11 is 0. The van der Waals surface area contributed by atoms with Crippen LogP contribution in [0.5, 0.6) is 11.5 Å². The molecule has 1 aromatic carbocycles. The van der Waals surface area contributed by atoms with Gasteiger partial charge in [0.25, 0.3) is 5.91 Å². The predicted octanol–water partition coefficient (Wildman–Crippen LogP) is 3.01. The lowest BCUT2D eigenvalue weighted by atomic mass is 10.2. The van der Waals surface area contributed by atoms with Crippen LogP contribution in [0, 0.1) is 0 Å². The molecule has 0 unspecified atom stereocenters. The minimum atomic E-state index is 0.138. The number of rotatable bonds is 6. The second-order valence-electron chi connectivity index (χ2n) is 5.93. The summed E-state index contributed by atoms with van der Waals surface area (Å²) in [4.78, 5) is 14.6. The van der Waals surface area contributed by atoms with Crippen molar-refractivity contribution >= 4 is 5.91 Å². The van der Waals surface area contributed by atoms with E-state index in [2.05, 4.69) is 4.90 Å². The first-order valence-corrected chi connectivity index (χ1v) is 7.86. The number of amides is 1. The van der Waals surface area contributed by atoms with Gasteiger partial charge in [-0.1, -0.05) is 12.8 Å². The van der Waals surface area contributed by atoms with Gasteiger partial charge in [-0.05, 0) is 49.9 Å². The van der Waals surface area contributed by atoms with Crippen LogP contribution >= 0.6 is 0 Å². The SMILES string of the molecule is COc1ccc(OCC(=O)N(C2CCCC2)C2CC2)cc1. The van der Waals surface area contributed by atoms with Gasteiger partial charge in [0.05, 0.1) is 7.11 Å². The van der Waals surface area contributed by atoms with Gasteiger partial charge in [0.2, 0.25) is 0 Å². The molecule has 21 heavy (non-hydrogen) atoms. The first-order chi connectivity index (χ1) is 10.3. The minimum Gasteiger partial charge on any atom is -0.497 e. The van der Waals surface area contributed by atoms with Gasteiger partial charge in [-0.25, -0.2) is 0 Å². The Morgan fingerprint density at radius 2 is 1.62 bits per heavy atom. The lowest BCUT2D eigenvalue weighted by Gasteiger charge is -2.29. The van der Waals surface area contributed by atoms with Crippen molar-refractivity contribution in [1.29, 1.82) is 0 Å². The fraction of sp³-hybridized carbons (Fsp3) is 0.588. The first-order valence-electron chi connectivity index (χ1n) is 7.86. The van der Waals surface area contributed by atoms with Crippen molar-refractivity contribution in [3.05, 3.63) is 24.3 Å². The van der Waals surface area contributed by atoms with Crippen LogP contribution in [0.2, 0.25) is 0 Å². The first kappa shape index (κ1) is 14.2. The van der Waals surface area contributed by atoms with Crippen LogP contribution in [0.3, 0.4) is 0 Å². The third kappa shape index (κ3) is 3.49. The van der Waals surface area contributed by atoms with E-state index in [-0.39, 0.29) is 12.5 Å². The maximum Gasteiger partial charge on any atom is 0.261 e. The molecular weight excluding hydrogens is 266 g/mol.